The van der Waals surface area contributed by atoms with Crippen LogP contribution in [0.5, 0.6) is 5.75 Å². The number of carbonyl (C=O) groups excluding carboxylic acids is 2. The van der Waals surface area contributed by atoms with Crippen molar-refractivity contribution in [3.63, 3.8) is 0 Å². The number of aromatic hydroxyl groups is 1. The zero-order valence-electron chi connectivity index (χ0n) is 15.0. The molecule has 7 heteroatoms. The van der Waals surface area contributed by atoms with Crippen molar-refractivity contribution in [2.75, 3.05) is 5.48 Å². The molecule has 0 fully saturated rings. The smallest absolute Gasteiger partial charge is 0.362 e. The van der Waals surface area contributed by atoms with Crippen molar-refractivity contribution in [3.8, 4) is 5.75 Å². The van der Waals surface area contributed by atoms with Gasteiger partial charge in [0, 0.05) is 5.56 Å². The van der Waals surface area contributed by atoms with Crippen molar-refractivity contribution >= 4 is 23.3 Å². The molecule has 3 aromatic carbocycles. The van der Waals surface area contributed by atoms with Crippen molar-refractivity contribution in [2.24, 2.45) is 10.2 Å². The minimum Gasteiger partial charge on any atom is -0.508 e. The summed E-state index contributed by atoms with van der Waals surface area (Å²) in [6, 6.07) is 19.4. The number of nitrogens with one attached hydrogen (secondary N) is 1. The average molecular weight is 375 g/mol. The SMILES string of the molecule is Cc1ccc(C(=O)ONc2ccc(N=NC(=O)c3cccc(O)c3)cc2)cc1. The maximum atomic E-state index is 12.0. The fraction of sp³-hybridized carbons (Fsp3) is 0.0476. The Balaban J connectivity index is 1.56. The van der Waals surface area contributed by atoms with Crippen LogP contribution >= 0.6 is 0 Å². The number of anilines is 1. The molecule has 3 aromatic rings. The molecule has 140 valence electrons. The first-order valence-electron chi connectivity index (χ1n) is 8.40. The fourth-order valence-corrected chi connectivity index (χ4v) is 2.25. The van der Waals surface area contributed by atoms with Crippen LogP contribution in [0.15, 0.2) is 83.0 Å². The zero-order chi connectivity index (χ0) is 19.9. The van der Waals surface area contributed by atoms with E-state index in [1.54, 1.807) is 42.5 Å². The van der Waals surface area contributed by atoms with E-state index in [0.717, 1.165) is 5.56 Å². The van der Waals surface area contributed by atoms with Crippen molar-refractivity contribution in [2.45, 2.75) is 6.92 Å². The maximum Gasteiger partial charge on any atom is 0.362 e. The molecule has 0 saturated carbocycles. The van der Waals surface area contributed by atoms with Crippen molar-refractivity contribution < 1.29 is 19.5 Å². The van der Waals surface area contributed by atoms with Crippen LogP contribution < -0.4 is 5.48 Å². The second kappa shape index (κ2) is 8.59. The van der Waals surface area contributed by atoms with Gasteiger partial charge in [-0.15, -0.1) is 10.2 Å². The summed E-state index contributed by atoms with van der Waals surface area (Å²) in [6.07, 6.45) is 0. The lowest BCUT2D eigenvalue weighted by atomic mass is 10.2. The minimum atomic E-state index is -0.565. The van der Waals surface area contributed by atoms with E-state index in [0.29, 0.717) is 16.9 Å². The molecule has 0 aromatic heterocycles. The molecule has 0 unspecified atom stereocenters. The number of benzene rings is 3. The third-order valence-corrected chi connectivity index (χ3v) is 3.77. The Morgan fingerprint density at radius 2 is 1.64 bits per heavy atom. The maximum absolute atomic E-state index is 12.0. The summed E-state index contributed by atoms with van der Waals surface area (Å²) in [6.45, 7) is 1.93. The predicted molar refractivity (Wildman–Crippen MR) is 104 cm³/mol. The highest BCUT2D eigenvalue weighted by molar-refractivity contribution is 5.95. The molecule has 0 bridgehead atoms. The van der Waals surface area contributed by atoms with Gasteiger partial charge in [-0.2, -0.15) is 0 Å². The molecule has 0 aliphatic rings. The number of amides is 1. The van der Waals surface area contributed by atoms with E-state index in [9.17, 15) is 14.7 Å². The van der Waals surface area contributed by atoms with Crippen LogP contribution in [0.3, 0.4) is 0 Å². The molecule has 7 nitrogen and oxygen atoms in total. The lowest BCUT2D eigenvalue weighted by Crippen LogP contribution is -2.10. The van der Waals surface area contributed by atoms with Crippen molar-refractivity contribution in [3.05, 3.63) is 89.5 Å². The molecule has 0 saturated heterocycles. The quantitative estimate of drug-likeness (QED) is 0.492. The number of hydrogen-bond donors (Lipinski definition) is 2. The van der Waals surface area contributed by atoms with Crippen LogP contribution in [0.1, 0.15) is 26.3 Å². The first kappa shape index (κ1) is 18.8. The summed E-state index contributed by atoms with van der Waals surface area (Å²) in [5, 5.41) is 16.9. The first-order chi connectivity index (χ1) is 13.5. The van der Waals surface area contributed by atoms with Gasteiger partial charge in [0.15, 0.2) is 0 Å². The van der Waals surface area contributed by atoms with Gasteiger partial charge < -0.3 is 9.94 Å². The molecule has 0 aliphatic carbocycles. The monoisotopic (exact) mass is 375 g/mol. The van der Waals surface area contributed by atoms with E-state index >= 15 is 0 Å². The summed E-state index contributed by atoms with van der Waals surface area (Å²) in [5.74, 6) is -1.08. The minimum absolute atomic E-state index is 0.0170. The molecular weight excluding hydrogens is 358 g/mol. The second-order valence-corrected chi connectivity index (χ2v) is 5.96. The topological polar surface area (TPSA) is 100 Å². The summed E-state index contributed by atoms with van der Waals surface area (Å²) < 4.78 is 0. The van der Waals surface area contributed by atoms with Crippen LogP contribution in [-0.4, -0.2) is 17.0 Å². The van der Waals surface area contributed by atoms with Gasteiger partial charge in [-0.1, -0.05) is 23.8 Å². The number of aryl methyl sites for hydroxylation is 1. The number of phenols is 1. The third kappa shape index (κ3) is 5.01. The molecule has 0 aliphatic heterocycles. The Morgan fingerprint density at radius 3 is 2.32 bits per heavy atom. The van der Waals surface area contributed by atoms with Crippen LogP contribution in [0.25, 0.3) is 0 Å². The lowest BCUT2D eigenvalue weighted by molar-refractivity contribution is 0.0596. The zero-order valence-corrected chi connectivity index (χ0v) is 15.0. The molecule has 0 radical (unpaired) electrons. The first-order valence-corrected chi connectivity index (χ1v) is 8.40. The van der Waals surface area contributed by atoms with E-state index in [-0.39, 0.29) is 11.3 Å². The normalized spacial score (nSPS) is 10.6. The fourth-order valence-electron chi connectivity index (χ4n) is 2.25. The van der Waals surface area contributed by atoms with E-state index in [1.165, 1.54) is 18.2 Å². The van der Waals surface area contributed by atoms with Crippen LogP contribution in [-0.2, 0) is 4.84 Å². The predicted octanol–water partition coefficient (Wildman–Crippen LogP) is 4.81. The van der Waals surface area contributed by atoms with Crippen molar-refractivity contribution in [1.82, 2.24) is 0 Å². The summed E-state index contributed by atoms with van der Waals surface area (Å²) in [5.41, 5.74) is 5.29. The van der Waals surface area contributed by atoms with Gasteiger partial charge in [-0.05, 0) is 61.5 Å². The van der Waals surface area contributed by atoms with Crippen LogP contribution in [0.4, 0.5) is 11.4 Å². The number of phenolic OH excluding ortho intramolecular Hbond substituents is 1. The van der Waals surface area contributed by atoms with Gasteiger partial charge in [0.25, 0.3) is 5.91 Å². The Labute approximate surface area is 161 Å². The Hall–Kier alpha value is -4.00. The molecule has 0 atom stereocenters. The lowest BCUT2D eigenvalue weighted by Gasteiger charge is -2.07. The van der Waals surface area contributed by atoms with E-state index in [1.807, 2.05) is 19.1 Å². The highest BCUT2D eigenvalue weighted by Crippen LogP contribution is 2.18. The molecule has 3 rings (SSSR count). The van der Waals surface area contributed by atoms with E-state index in [2.05, 4.69) is 15.7 Å². The van der Waals surface area contributed by atoms with E-state index in [4.69, 9.17) is 4.84 Å². The molecular formula is C21H17N3O4. The van der Waals surface area contributed by atoms with Gasteiger partial charge in [0.2, 0.25) is 0 Å². The second-order valence-electron chi connectivity index (χ2n) is 5.96. The summed E-state index contributed by atoms with van der Waals surface area (Å²) in [4.78, 5) is 28.9. The molecule has 2 N–H and O–H groups in total. The molecule has 28 heavy (non-hydrogen) atoms. The summed E-state index contributed by atoms with van der Waals surface area (Å²) >= 11 is 0. The number of hydrogen-bond acceptors (Lipinski definition) is 6. The Kier molecular flexibility index (Phi) is 5.76. The Morgan fingerprint density at radius 1 is 0.929 bits per heavy atom. The van der Waals surface area contributed by atoms with Gasteiger partial charge in [-0.25, -0.2) is 10.3 Å². The van der Waals surface area contributed by atoms with Crippen LogP contribution in [0, 0.1) is 6.92 Å². The number of azo groups is 1. The van der Waals surface area contributed by atoms with Crippen molar-refractivity contribution in [1.29, 1.82) is 0 Å². The molecule has 0 spiro atoms. The van der Waals surface area contributed by atoms with Gasteiger partial charge >= 0.3 is 5.97 Å². The highest BCUT2D eigenvalue weighted by atomic mass is 16.7. The van der Waals surface area contributed by atoms with Gasteiger partial charge in [0.05, 0.1) is 16.9 Å². The molecule has 1 amide bonds. The van der Waals surface area contributed by atoms with Crippen LogP contribution in [0.2, 0.25) is 0 Å². The third-order valence-electron chi connectivity index (χ3n) is 3.77. The highest BCUT2D eigenvalue weighted by Gasteiger charge is 2.07. The van der Waals surface area contributed by atoms with E-state index < -0.39 is 11.9 Å². The van der Waals surface area contributed by atoms with Gasteiger partial charge in [-0.3, -0.25) is 4.79 Å². The Bertz CT molecular complexity index is 1010. The average Bonchev–Trinajstić information content (AvgIpc) is 2.71. The standard InChI is InChI=1S/C21H17N3O4/c1-14-5-7-15(8-6-14)21(27)28-24-18-11-9-17(10-12-18)22-23-20(26)16-3-2-4-19(25)13-16/h2-13,24-25H,1H3. The summed E-state index contributed by atoms with van der Waals surface area (Å²) in [7, 11) is 0. The number of carbonyl (C=O) groups is 2. The molecule has 0 heterocycles. The van der Waals surface area contributed by atoms with Gasteiger partial charge in [0.1, 0.15) is 5.75 Å². The number of rotatable bonds is 5. The largest absolute Gasteiger partial charge is 0.508 e. The number of nitrogens with zero attached hydrogens (tertiary/aromatic N) is 2.